The fraction of sp³-hybridized carbons (Fsp3) is 0.692. The number of carbonyl (C=O) groups is 1. The lowest BCUT2D eigenvalue weighted by Gasteiger charge is -2.26. The van der Waals surface area contributed by atoms with Crippen LogP contribution >= 0.6 is 11.8 Å². The topological polar surface area (TPSA) is 46.3 Å². The number of carbonyl (C=O) groups excluding carboxylic acids is 1. The Morgan fingerprint density at radius 2 is 2.22 bits per heavy atom. The van der Waals surface area contributed by atoms with Gasteiger partial charge in [0, 0.05) is 36.6 Å². The van der Waals surface area contributed by atoms with Crippen molar-refractivity contribution in [1.29, 1.82) is 0 Å². The molecular formula is C13H18N2O2S. The Hall–Kier alpha value is -0.970. The fourth-order valence-corrected chi connectivity index (χ4v) is 3.57. The molecule has 0 aromatic carbocycles. The van der Waals surface area contributed by atoms with E-state index in [1.54, 1.807) is 0 Å². The van der Waals surface area contributed by atoms with E-state index in [9.17, 15) is 4.79 Å². The zero-order chi connectivity index (χ0) is 12.5. The third-order valence-corrected chi connectivity index (χ3v) is 4.73. The van der Waals surface area contributed by atoms with Gasteiger partial charge in [-0.3, -0.25) is 4.79 Å². The first-order valence-corrected chi connectivity index (χ1v) is 7.75. The van der Waals surface area contributed by atoms with E-state index in [0.29, 0.717) is 11.6 Å². The predicted molar refractivity (Wildman–Crippen MR) is 70.9 cm³/mol. The van der Waals surface area contributed by atoms with Crippen LogP contribution in [0.25, 0.3) is 0 Å². The lowest BCUT2D eigenvalue weighted by atomic mass is 9.88. The Labute approximate surface area is 111 Å². The van der Waals surface area contributed by atoms with Gasteiger partial charge < -0.3 is 9.42 Å². The standard InChI is InChI=1S/C13H18N2O2S/c1-9-2-3-11-10(8-9)12(14-17-11)13(16)15-4-6-18-7-5-15/h9H,2-8H2,1H3/t9-/m0/s1. The smallest absolute Gasteiger partial charge is 0.276 e. The Balaban J connectivity index is 1.83. The first-order valence-electron chi connectivity index (χ1n) is 6.60. The molecule has 2 heterocycles. The summed E-state index contributed by atoms with van der Waals surface area (Å²) >= 11 is 1.90. The molecule has 1 fully saturated rings. The van der Waals surface area contributed by atoms with Crippen molar-refractivity contribution in [3.63, 3.8) is 0 Å². The number of aryl methyl sites for hydroxylation is 1. The summed E-state index contributed by atoms with van der Waals surface area (Å²) in [7, 11) is 0. The number of hydrogen-bond donors (Lipinski definition) is 0. The second kappa shape index (κ2) is 4.96. The van der Waals surface area contributed by atoms with Crippen LogP contribution in [0.5, 0.6) is 0 Å². The van der Waals surface area contributed by atoms with Crippen molar-refractivity contribution in [1.82, 2.24) is 10.1 Å². The largest absolute Gasteiger partial charge is 0.360 e. The molecule has 1 amide bonds. The maximum atomic E-state index is 12.4. The summed E-state index contributed by atoms with van der Waals surface area (Å²) in [6, 6.07) is 0. The Morgan fingerprint density at radius 1 is 1.44 bits per heavy atom. The summed E-state index contributed by atoms with van der Waals surface area (Å²) in [5, 5.41) is 4.03. The molecule has 1 aliphatic heterocycles. The molecule has 1 aromatic heterocycles. The van der Waals surface area contributed by atoms with Crippen molar-refractivity contribution in [2.45, 2.75) is 26.2 Å². The summed E-state index contributed by atoms with van der Waals surface area (Å²) in [5.74, 6) is 3.68. The summed E-state index contributed by atoms with van der Waals surface area (Å²) in [6.07, 6.45) is 2.99. The lowest BCUT2D eigenvalue weighted by Crippen LogP contribution is -2.38. The van der Waals surface area contributed by atoms with Crippen molar-refractivity contribution in [2.75, 3.05) is 24.6 Å². The molecule has 0 unspecified atom stereocenters. The SMILES string of the molecule is C[C@H]1CCc2onc(C(=O)N3CCSCC3)c2C1. The van der Waals surface area contributed by atoms with Crippen LogP contribution in [-0.4, -0.2) is 40.6 Å². The van der Waals surface area contributed by atoms with Gasteiger partial charge in [0.25, 0.3) is 5.91 Å². The van der Waals surface area contributed by atoms with Crippen molar-refractivity contribution >= 4 is 17.7 Å². The van der Waals surface area contributed by atoms with Gasteiger partial charge in [0.05, 0.1) is 0 Å². The molecule has 1 atom stereocenters. The highest BCUT2D eigenvalue weighted by Gasteiger charge is 2.29. The highest BCUT2D eigenvalue weighted by atomic mass is 32.2. The first kappa shape index (κ1) is 12.1. The Kier molecular flexibility index (Phi) is 3.33. The normalized spacial score (nSPS) is 23.8. The van der Waals surface area contributed by atoms with Crippen molar-refractivity contribution in [2.24, 2.45) is 5.92 Å². The van der Waals surface area contributed by atoms with E-state index in [0.717, 1.165) is 55.2 Å². The number of rotatable bonds is 1. The molecule has 0 N–H and O–H groups in total. The van der Waals surface area contributed by atoms with Gasteiger partial charge in [-0.15, -0.1) is 0 Å². The molecule has 0 radical (unpaired) electrons. The number of nitrogens with zero attached hydrogens (tertiary/aromatic N) is 2. The molecule has 5 heteroatoms. The summed E-state index contributed by atoms with van der Waals surface area (Å²) in [5.41, 5.74) is 1.64. The minimum absolute atomic E-state index is 0.0643. The van der Waals surface area contributed by atoms with Crippen LogP contribution < -0.4 is 0 Å². The molecule has 98 valence electrons. The first-order chi connectivity index (χ1) is 8.75. The zero-order valence-electron chi connectivity index (χ0n) is 10.6. The van der Waals surface area contributed by atoms with Gasteiger partial charge in [-0.1, -0.05) is 12.1 Å². The van der Waals surface area contributed by atoms with Crippen molar-refractivity contribution < 1.29 is 9.32 Å². The molecule has 1 aromatic rings. The zero-order valence-corrected chi connectivity index (χ0v) is 11.5. The van der Waals surface area contributed by atoms with Gasteiger partial charge in [-0.05, 0) is 18.8 Å². The molecule has 0 spiro atoms. The number of fused-ring (bicyclic) bond motifs is 1. The van der Waals surface area contributed by atoms with Crippen LogP contribution in [-0.2, 0) is 12.8 Å². The molecule has 0 saturated carbocycles. The van der Waals surface area contributed by atoms with E-state index in [4.69, 9.17) is 4.52 Å². The van der Waals surface area contributed by atoms with E-state index in [1.165, 1.54) is 0 Å². The average molecular weight is 266 g/mol. The molecule has 3 rings (SSSR count). The van der Waals surface area contributed by atoms with E-state index in [2.05, 4.69) is 12.1 Å². The number of hydrogen-bond acceptors (Lipinski definition) is 4. The molecule has 18 heavy (non-hydrogen) atoms. The lowest BCUT2D eigenvalue weighted by molar-refractivity contribution is 0.0761. The second-order valence-corrected chi connectivity index (χ2v) is 6.41. The van der Waals surface area contributed by atoms with Gasteiger partial charge in [0.15, 0.2) is 5.69 Å². The molecular weight excluding hydrogens is 248 g/mol. The van der Waals surface area contributed by atoms with Crippen LogP contribution in [0.4, 0.5) is 0 Å². The number of aromatic nitrogens is 1. The van der Waals surface area contributed by atoms with Gasteiger partial charge >= 0.3 is 0 Å². The predicted octanol–water partition coefficient (Wildman–Crippen LogP) is 1.99. The highest BCUT2D eigenvalue weighted by molar-refractivity contribution is 7.99. The number of thioether (sulfide) groups is 1. The van der Waals surface area contributed by atoms with Gasteiger partial charge in [-0.2, -0.15) is 11.8 Å². The average Bonchev–Trinajstić information content (AvgIpc) is 2.82. The third-order valence-electron chi connectivity index (χ3n) is 3.79. The second-order valence-electron chi connectivity index (χ2n) is 5.19. The van der Waals surface area contributed by atoms with Gasteiger partial charge in [0.2, 0.25) is 0 Å². The van der Waals surface area contributed by atoms with Gasteiger partial charge in [-0.25, -0.2) is 0 Å². The number of amides is 1. The van der Waals surface area contributed by atoms with Crippen molar-refractivity contribution in [3.8, 4) is 0 Å². The summed E-state index contributed by atoms with van der Waals surface area (Å²) < 4.78 is 5.34. The molecule has 0 bridgehead atoms. The van der Waals surface area contributed by atoms with E-state index < -0.39 is 0 Å². The Morgan fingerprint density at radius 3 is 3.00 bits per heavy atom. The third kappa shape index (κ3) is 2.16. The van der Waals surface area contributed by atoms with E-state index in [1.807, 2.05) is 16.7 Å². The molecule has 1 aliphatic carbocycles. The Bertz CT molecular complexity index is 452. The molecule has 1 saturated heterocycles. The van der Waals surface area contributed by atoms with Crippen molar-refractivity contribution in [3.05, 3.63) is 17.0 Å². The van der Waals surface area contributed by atoms with E-state index >= 15 is 0 Å². The highest BCUT2D eigenvalue weighted by Crippen LogP contribution is 2.28. The van der Waals surface area contributed by atoms with Crippen LogP contribution in [0.2, 0.25) is 0 Å². The van der Waals surface area contributed by atoms with Crippen LogP contribution in [0.3, 0.4) is 0 Å². The van der Waals surface area contributed by atoms with Crippen LogP contribution in [0.1, 0.15) is 35.2 Å². The van der Waals surface area contributed by atoms with Gasteiger partial charge in [0.1, 0.15) is 5.76 Å². The molecule has 4 nitrogen and oxygen atoms in total. The summed E-state index contributed by atoms with van der Waals surface area (Å²) in [4.78, 5) is 14.3. The molecule has 2 aliphatic rings. The summed E-state index contributed by atoms with van der Waals surface area (Å²) in [6.45, 7) is 3.89. The van der Waals surface area contributed by atoms with Crippen LogP contribution in [0.15, 0.2) is 4.52 Å². The maximum absolute atomic E-state index is 12.4. The minimum Gasteiger partial charge on any atom is -0.360 e. The van der Waals surface area contributed by atoms with Crippen LogP contribution in [0, 0.1) is 5.92 Å². The maximum Gasteiger partial charge on any atom is 0.276 e. The minimum atomic E-state index is 0.0643. The fourth-order valence-electron chi connectivity index (χ4n) is 2.66. The monoisotopic (exact) mass is 266 g/mol. The van der Waals surface area contributed by atoms with E-state index in [-0.39, 0.29) is 5.91 Å². The quantitative estimate of drug-likeness (QED) is 0.780.